The van der Waals surface area contributed by atoms with Crippen LogP contribution in [-0.4, -0.2) is 41.0 Å². The summed E-state index contributed by atoms with van der Waals surface area (Å²) in [6.45, 7) is 13.2. The van der Waals surface area contributed by atoms with Crippen LogP contribution >= 0.6 is 0 Å². The third-order valence-corrected chi connectivity index (χ3v) is 6.73. The van der Waals surface area contributed by atoms with E-state index in [9.17, 15) is 14.4 Å². The minimum atomic E-state index is -0.900. The summed E-state index contributed by atoms with van der Waals surface area (Å²) in [5.74, 6) is -0.238. The highest BCUT2D eigenvalue weighted by Gasteiger charge is 2.36. The molecule has 3 aromatic carbocycles. The zero-order chi connectivity index (χ0) is 29.4. The highest BCUT2D eigenvalue weighted by molar-refractivity contribution is 6.00. The maximum Gasteiger partial charge on any atom is 0.408 e. The largest absolute Gasteiger partial charge is 0.444 e. The van der Waals surface area contributed by atoms with E-state index in [0.717, 1.165) is 28.3 Å². The molecule has 0 fully saturated rings. The normalized spacial score (nSPS) is 13.0. The number of carbonyl (C=O) groups is 3. The lowest BCUT2D eigenvalue weighted by molar-refractivity contribution is -0.141. The Hall–Kier alpha value is -3.87. The van der Waals surface area contributed by atoms with Crippen molar-refractivity contribution in [2.24, 2.45) is 5.92 Å². The van der Waals surface area contributed by atoms with Crippen molar-refractivity contribution in [2.75, 3.05) is 11.9 Å². The van der Waals surface area contributed by atoms with Gasteiger partial charge in [-0.25, -0.2) is 4.79 Å². The number of amides is 3. The van der Waals surface area contributed by atoms with E-state index in [2.05, 4.69) is 24.5 Å². The van der Waals surface area contributed by atoms with Gasteiger partial charge < -0.3 is 20.3 Å². The molecule has 0 aliphatic heterocycles. The molecule has 3 amide bonds. The summed E-state index contributed by atoms with van der Waals surface area (Å²) in [4.78, 5) is 41.9. The maximum absolute atomic E-state index is 14.1. The third kappa shape index (κ3) is 8.57. The van der Waals surface area contributed by atoms with E-state index in [1.54, 1.807) is 25.7 Å². The molecule has 0 saturated carbocycles. The fourth-order valence-corrected chi connectivity index (χ4v) is 4.70. The zero-order valence-corrected chi connectivity index (χ0v) is 24.8. The number of nitrogens with zero attached hydrogens (tertiary/aromatic N) is 1. The van der Waals surface area contributed by atoms with Gasteiger partial charge in [-0.05, 0) is 87.4 Å². The lowest BCUT2D eigenvalue weighted by atomic mass is 9.95. The average Bonchev–Trinajstić information content (AvgIpc) is 2.88. The minimum absolute atomic E-state index is 0.262. The Balaban J connectivity index is 1.98. The van der Waals surface area contributed by atoms with E-state index >= 15 is 0 Å². The van der Waals surface area contributed by atoms with Gasteiger partial charge in [0.15, 0.2) is 0 Å². The second-order valence-corrected chi connectivity index (χ2v) is 11.8. The molecule has 3 aromatic rings. The number of alkyl carbamates (subject to hydrolysis) is 1. The second kappa shape index (κ2) is 13.5. The Labute approximate surface area is 238 Å². The number of rotatable bonds is 10. The molecule has 0 aliphatic rings. The number of benzene rings is 3. The predicted molar refractivity (Wildman–Crippen MR) is 161 cm³/mol. The Morgan fingerprint density at radius 3 is 2.17 bits per heavy atom. The number of anilines is 1. The molecule has 0 bridgehead atoms. The van der Waals surface area contributed by atoms with Crippen LogP contribution in [0.1, 0.15) is 71.6 Å². The van der Waals surface area contributed by atoms with Gasteiger partial charge in [0.25, 0.3) is 5.91 Å². The predicted octanol–water partition coefficient (Wildman–Crippen LogP) is 7.01. The van der Waals surface area contributed by atoms with Crippen molar-refractivity contribution < 1.29 is 19.1 Å². The fraction of sp³-hybridized carbons (Fsp3) is 0.424. The van der Waals surface area contributed by atoms with Gasteiger partial charge >= 0.3 is 6.09 Å². The van der Waals surface area contributed by atoms with E-state index in [4.69, 9.17) is 4.74 Å². The molecule has 214 valence electrons. The first kappa shape index (κ1) is 30.7. The van der Waals surface area contributed by atoms with E-state index in [1.165, 1.54) is 0 Å². The Bertz CT molecular complexity index is 1330. The highest BCUT2D eigenvalue weighted by atomic mass is 16.6. The average molecular weight is 546 g/mol. The van der Waals surface area contributed by atoms with Gasteiger partial charge in [-0.15, -0.1) is 0 Å². The molecular formula is C33H43N3O4. The van der Waals surface area contributed by atoms with Crippen molar-refractivity contribution in [1.82, 2.24) is 10.2 Å². The van der Waals surface area contributed by atoms with Gasteiger partial charge in [0, 0.05) is 11.7 Å². The molecule has 7 heteroatoms. The summed E-state index contributed by atoms with van der Waals surface area (Å²) >= 11 is 0. The summed E-state index contributed by atoms with van der Waals surface area (Å²) in [6.07, 6.45) is 0.919. The topological polar surface area (TPSA) is 87.7 Å². The van der Waals surface area contributed by atoms with Gasteiger partial charge in [-0.2, -0.15) is 0 Å². The van der Waals surface area contributed by atoms with Crippen molar-refractivity contribution in [1.29, 1.82) is 0 Å². The van der Waals surface area contributed by atoms with Gasteiger partial charge in [-0.3, -0.25) is 9.59 Å². The SMILES string of the molecule is Cc1ccccc1C(C(=O)Nc1ccc2ccccc2c1)N(C(=O)CNC(=O)OC(C)(C)C)C(C)CCC(C)C. The van der Waals surface area contributed by atoms with E-state index in [0.29, 0.717) is 18.0 Å². The first-order valence-corrected chi connectivity index (χ1v) is 14.0. The summed E-state index contributed by atoms with van der Waals surface area (Å²) in [5.41, 5.74) is 1.59. The van der Waals surface area contributed by atoms with Crippen LogP contribution in [0.2, 0.25) is 0 Å². The van der Waals surface area contributed by atoms with E-state index < -0.39 is 17.7 Å². The zero-order valence-electron chi connectivity index (χ0n) is 24.8. The van der Waals surface area contributed by atoms with E-state index in [1.807, 2.05) is 80.6 Å². The Morgan fingerprint density at radius 1 is 0.875 bits per heavy atom. The van der Waals surface area contributed by atoms with Gasteiger partial charge in [0.2, 0.25) is 5.91 Å². The van der Waals surface area contributed by atoms with Gasteiger partial charge in [0.1, 0.15) is 18.2 Å². The quantitative estimate of drug-likeness (QED) is 0.287. The van der Waals surface area contributed by atoms with Crippen LogP contribution in [0.25, 0.3) is 10.8 Å². The molecule has 2 atom stereocenters. The number of hydrogen-bond acceptors (Lipinski definition) is 4. The van der Waals surface area contributed by atoms with Crippen LogP contribution in [0, 0.1) is 12.8 Å². The number of ether oxygens (including phenoxy) is 1. The van der Waals surface area contributed by atoms with Gasteiger partial charge in [0.05, 0.1) is 0 Å². The molecule has 3 rings (SSSR count). The lowest BCUT2D eigenvalue weighted by Crippen LogP contribution is -2.50. The molecule has 2 N–H and O–H groups in total. The molecule has 0 aromatic heterocycles. The fourth-order valence-electron chi connectivity index (χ4n) is 4.70. The Kier molecular flexibility index (Phi) is 10.3. The van der Waals surface area contributed by atoms with Crippen LogP contribution in [0.5, 0.6) is 0 Å². The van der Waals surface area contributed by atoms with Crippen LogP contribution in [0.3, 0.4) is 0 Å². The molecule has 7 nitrogen and oxygen atoms in total. The lowest BCUT2D eigenvalue weighted by Gasteiger charge is -2.37. The Morgan fingerprint density at radius 2 is 1.52 bits per heavy atom. The number of hydrogen-bond donors (Lipinski definition) is 2. The number of fused-ring (bicyclic) bond motifs is 1. The van der Waals surface area contributed by atoms with Crippen molar-refractivity contribution >= 4 is 34.4 Å². The number of carbonyl (C=O) groups excluding carboxylic acids is 3. The number of nitrogens with one attached hydrogen (secondary N) is 2. The monoisotopic (exact) mass is 545 g/mol. The third-order valence-electron chi connectivity index (χ3n) is 6.73. The second-order valence-electron chi connectivity index (χ2n) is 11.8. The molecule has 2 unspecified atom stereocenters. The molecule has 0 aliphatic carbocycles. The molecular weight excluding hydrogens is 502 g/mol. The summed E-state index contributed by atoms with van der Waals surface area (Å²) in [7, 11) is 0. The smallest absolute Gasteiger partial charge is 0.408 e. The first-order valence-electron chi connectivity index (χ1n) is 14.0. The first-order chi connectivity index (χ1) is 18.9. The summed E-state index contributed by atoms with van der Waals surface area (Å²) < 4.78 is 5.33. The maximum atomic E-state index is 14.1. The van der Waals surface area contributed by atoms with Crippen molar-refractivity contribution in [3.05, 3.63) is 77.9 Å². The van der Waals surface area contributed by atoms with Crippen LogP contribution < -0.4 is 10.6 Å². The molecule has 0 saturated heterocycles. The van der Waals surface area contributed by atoms with Crippen LogP contribution in [0.15, 0.2) is 66.7 Å². The van der Waals surface area contributed by atoms with Crippen LogP contribution in [-0.2, 0) is 14.3 Å². The minimum Gasteiger partial charge on any atom is -0.444 e. The molecule has 40 heavy (non-hydrogen) atoms. The van der Waals surface area contributed by atoms with Gasteiger partial charge in [-0.1, -0.05) is 68.4 Å². The standard InChI is InChI=1S/C33H43N3O4/c1-22(2)16-17-24(4)36(29(37)21-34-32(39)40-33(5,6)7)30(28-15-11-8-12-23(28)3)31(38)35-27-19-18-25-13-9-10-14-26(25)20-27/h8-15,18-20,22,24,30H,16-17,21H2,1-7H3,(H,34,39)(H,35,38). The summed E-state index contributed by atoms with van der Waals surface area (Å²) in [6, 6.07) is 20.2. The van der Waals surface area contributed by atoms with Crippen molar-refractivity contribution in [3.8, 4) is 0 Å². The number of aryl methyl sites for hydroxylation is 1. The summed E-state index contributed by atoms with van der Waals surface area (Å²) in [5, 5.41) is 7.73. The molecule has 0 spiro atoms. The molecule has 0 heterocycles. The van der Waals surface area contributed by atoms with E-state index in [-0.39, 0.29) is 24.4 Å². The van der Waals surface area contributed by atoms with Crippen molar-refractivity contribution in [3.63, 3.8) is 0 Å². The van der Waals surface area contributed by atoms with Crippen LogP contribution in [0.4, 0.5) is 10.5 Å². The molecule has 0 radical (unpaired) electrons. The highest BCUT2D eigenvalue weighted by Crippen LogP contribution is 2.30. The van der Waals surface area contributed by atoms with Crippen molar-refractivity contribution in [2.45, 2.75) is 79.0 Å².